The lowest BCUT2D eigenvalue weighted by atomic mass is 9.98. The number of alkyl halides is 3. The number of benzene rings is 2. The van der Waals surface area contributed by atoms with E-state index >= 15 is 0 Å². The van der Waals surface area contributed by atoms with Crippen LogP contribution >= 0.6 is 0 Å². The Balaban J connectivity index is 1.74. The van der Waals surface area contributed by atoms with Gasteiger partial charge in [-0.25, -0.2) is 4.79 Å². The summed E-state index contributed by atoms with van der Waals surface area (Å²) in [5.74, 6) is -2.84. The Bertz CT molecular complexity index is 1030. The van der Waals surface area contributed by atoms with Crippen molar-refractivity contribution in [2.45, 2.75) is 44.4 Å². The first-order chi connectivity index (χ1) is 16.0. The Kier molecular flexibility index (Phi) is 7.48. The summed E-state index contributed by atoms with van der Waals surface area (Å²) >= 11 is 0. The van der Waals surface area contributed by atoms with Crippen LogP contribution in [0.1, 0.15) is 37.3 Å². The molecule has 0 saturated heterocycles. The number of nitrogens with one attached hydrogen (secondary N) is 1. The van der Waals surface area contributed by atoms with Crippen molar-refractivity contribution in [1.82, 2.24) is 10.2 Å². The number of amides is 2. The third kappa shape index (κ3) is 5.86. The van der Waals surface area contributed by atoms with Crippen LogP contribution in [0.25, 0.3) is 11.1 Å². The maximum Gasteiger partial charge on any atom is 0.407 e. The van der Waals surface area contributed by atoms with Crippen LogP contribution in [-0.2, 0) is 14.3 Å². The smallest absolute Gasteiger partial charge is 0.407 e. The highest BCUT2D eigenvalue weighted by Crippen LogP contribution is 2.44. The summed E-state index contributed by atoms with van der Waals surface area (Å²) in [6.07, 6.45) is -7.62. The molecule has 10 heteroatoms. The molecule has 0 aromatic heterocycles. The predicted octanol–water partition coefficient (Wildman–Crippen LogP) is 4.17. The van der Waals surface area contributed by atoms with Crippen molar-refractivity contribution >= 4 is 18.0 Å². The number of nitrogens with zero attached hydrogens (tertiary/aromatic N) is 1. The molecule has 2 aromatic carbocycles. The van der Waals surface area contributed by atoms with Gasteiger partial charge in [-0.3, -0.25) is 9.59 Å². The number of fused-ring (bicyclic) bond motifs is 3. The molecule has 2 aromatic rings. The van der Waals surface area contributed by atoms with Crippen molar-refractivity contribution in [3.63, 3.8) is 0 Å². The molecule has 1 unspecified atom stereocenters. The first kappa shape index (κ1) is 25.1. The largest absolute Gasteiger partial charge is 0.480 e. The topological polar surface area (TPSA) is 95.9 Å². The molecular formula is C24H25F3N2O5. The summed E-state index contributed by atoms with van der Waals surface area (Å²) in [7, 11) is 0. The van der Waals surface area contributed by atoms with Gasteiger partial charge in [0.05, 0.1) is 6.42 Å². The maximum absolute atomic E-state index is 13.1. The predicted molar refractivity (Wildman–Crippen MR) is 117 cm³/mol. The van der Waals surface area contributed by atoms with Gasteiger partial charge in [0.25, 0.3) is 0 Å². The van der Waals surface area contributed by atoms with Gasteiger partial charge in [0.1, 0.15) is 19.2 Å². The molecule has 1 aliphatic carbocycles. The average Bonchev–Trinajstić information content (AvgIpc) is 3.08. The van der Waals surface area contributed by atoms with Gasteiger partial charge < -0.3 is 20.1 Å². The number of carbonyl (C=O) groups excluding carboxylic acids is 2. The fourth-order valence-electron chi connectivity index (χ4n) is 4.07. The molecule has 1 atom stereocenters. The van der Waals surface area contributed by atoms with Crippen LogP contribution in [0.15, 0.2) is 48.5 Å². The van der Waals surface area contributed by atoms with Gasteiger partial charge in [-0.15, -0.1) is 0 Å². The summed E-state index contributed by atoms with van der Waals surface area (Å²) in [6, 6.07) is 12.4. The number of carboxylic acid groups (broad SMARTS) is 1. The zero-order valence-corrected chi connectivity index (χ0v) is 18.6. The maximum atomic E-state index is 13.1. The van der Waals surface area contributed by atoms with Gasteiger partial charge >= 0.3 is 18.2 Å². The van der Waals surface area contributed by atoms with Gasteiger partial charge in [0.15, 0.2) is 0 Å². The molecule has 182 valence electrons. The first-order valence-electron chi connectivity index (χ1n) is 10.7. The van der Waals surface area contributed by atoms with E-state index in [9.17, 15) is 27.6 Å². The second-order valence-electron chi connectivity index (χ2n) is 8.30. The third-order valence-corrected chi connectivity index (χ3v) is 5.58. The SMILES string of the molecule is CC(C)N(CC(=O)O)C(=O)C(CC(F)(F)F)NC(=O)OCC1c2ccccc2-c2ccccc21. The molecule has 34 heavy (non-hydrogen) atoms. The first-order valence-corrected chi connectivity index (χ1v) is 10.7. The van der Waals surface area contributed by atoms with Gasteiger partial charge in [-0.1, -0.05) is 48.5 Å². The van der Waals surface area contributed by atoms with E-state index in [2.05, 4.69) is 0 Å². The van der Waals surface area contributed by atoms with E-state index in [0.717, 1.165) is 27.2 Å². The number of carbonyl (C=O) groups is 3. The van der Waals surface area contributed by atoms with Crippen molar-refractivity contribution in [3.05, 3.63) is 59.7 Å². The van der Waals surface area contributed by atoms with Crippen LogP contribution in [0.2, 0.25) is 0 Å². The Morgan fingerprint density at radius 1 is 1.03 bits per heavy atom. The Morgan fingerprint density at radius 2 is 1.56 bits per heavy atom. The highest BCUT2D eigenvalue weighted by molar-refractivity contribution is 5.88. The lowest BCUT2D eigenvalue weighted by Crippen LogP contribution is -2.53. The van der Waals surface area contributed by atoms with Crippen molar-refractivity contribution in [2.24, 2.45) is 0 Å². The molecule has 0 radical (unpaired) electrons. The number of hydrogen-bond acceptors (Lipinski definition) is 4. The number of halogens is 3. The van der Waals surface area contributed by atoms with Crippen molar-refractivity contribution < 1.29 is 37.4 Å². The zero-order chi connectivity index (χ0) is 25.0. The van der Waals surface area contributed by atoms with Gasteiger partial charge in [-0.2, -0.15) is 13.2 Å². The van der Waals surface area contributed by atoms with E-state index in [4.69, 9.17) is 9.84 Å². The Hall–Kier alpha value is -3.56. The Labute approximate surface area is 194 Å². The molecular weight excluding hydrogens is 453 g/mol. The summed E-state index contributed by atoms with van der Waals surface area (Å²) in [5.41, 5.74) is 3.82. The van der Waals surface area contributed by atoms with Crippen molar-refractivity contribution in [2.75, 3.05) is 13.2 Å². The molecule has 1 aliphatic rings. The second-order valence-corrected chi connectivity index (χ2v) is 8.30. The number of hydrogen-bond donors (Lipinski definition) is 2. The van der Waals surface area contributed by atoms with Gasteiger partial charge in [-0.05, 0) is 36.1 Å². The number of ether oxygens (including phenoxy) is 1. The minimum Gasteiger partial charge on any atom is -0.480 e. The number of aliphatic carboxylic acids is 1. The van der Waals surface area contributed by atoms with E-state index in [1.165, 1.54) is 13.8 Å². The van der Waals surface area contributed by atoms with Crippen LogP contribution in [0.4, 0.5) is 18.0 Å². The summed E-state index contributed by atoms with van der Waals surface area (Å²) in [4.78, 5) is 37.0. The quantitative estimate of drug-likeness (QED) is 0.594. The van der Waals surface area contributed by atoms with Crippen LogP contribution in [0.5, 0.6) is 0 Å². The molecule has 0 saturated carbocycles. The minimum absolute atomic E-state index is 0.143. The van der Waals surface area contributed by atoms with Crippen LogP contribution in [-0.4, -0.2) is 59.4 Å². The molecule has 2 N–H and O–H groups in total. The number of rotatable bonds is 8. The number of carboxylic acids is 1. The molecule has 0 spiro atoms. The molecule has 0 bridgehead atoms. The monoisotopic (exact) mass is 478 g/mol. The van der Waals surface area contributed by atoms with Crippen molar-refractivity contribution in [3.8, 4) is 11.1 Å². The average molecular weight is 478 g/mol. The summed E-state index contributed by atoms with van der Waals surface area (Å²) in [6.45, 7) is 2.00. The molecule has 7 nitrogen and oxygen atoms in total. The molecule has 0 aliphatic heterocycles. The fraction of sp³-hybridized carbons (Fsp3) is 0.375. The van der Waals surface area contributed by atoms with Crippen LogP contribution < -0.4 is 5.32 Å². The lowest BCUT2D eigenvalue weighted by Gasteiger charge is -2.30. The molecule has 0 fully saturated rings. The molecule has 2 amide bonds. The van der Waals surface area contributed by atoms with Crippen molar-refractivity contribution in [1.29, 1.82) is 0 Å². The van der Waals surface area contributed by atoms with E-state index < -0.39 is 49.2 Å². The van der Waals surface area contributed by atoms with Gasteiger partial charge in [0, 0.05) is 12.0 Å². The van der Waals surface area contributed by atoms with Crippen LogP contribution in [0.3, 0.4) is 0 Å². The molecule has 3 rings (SSSR count). The fourth-order valence-corrected chi connectivity index (χ4v) is 4.07. The summed E-state index contributed by atoms with van der Waals surface area (Å²) < 4.78 is 44.6. The summed E-state index contributed by atoms with van der Waals surface area (Å²) in [5, 5.41) is 11.0. The van der Waals surface area contributed by atoms with E-state index in [0.29, 0.717) is 0 Å². The third-order valence-electron chi connectivity index (χ3n) is 5.58. The van der Waals surface area contributed by atoms with Gasteiger partial charge in [0.2, 0.25) is 5.91 Å². The Morgan fingerprint density at radius 3 is 2.03 bits per heavy atom. The van der Waals surface area contributed by atoms with E-state index in [-0.39, 0.29) is 12.5 Å². The zero-order valence-electron chi connectivity index (χ0n) is 18.6. The van der Waals surface area contributed by atoms with E-state index in [1.807, 2.05) is 53.8 Å². The standard InChI is InChI=1S/C24H25F3N2O5/c1-14(2)29(12-21(30)31)22(32)20(11-24(25,26)27)28-23(33)34-13-19-17-9-5-3-7-15(17)16-8-4-6-10-18(16)19/h3-10,14,19-20H,11-13H2,1-2H3,(H,28,33)(H,30,31). The normalized spacial score (nSPS) is 13.7. The number of alkyl carbamates (subject to hydrolysis) is 1. The van der Waals surface area contributed by atoms with E-state index in [1.54, 1.807) is 0 Å². The highest BCUT2D eigenvalue weighted by atomic mass is 19.4. The molecule has 0 heterocycles. The second kappa shape index (κ2) is 10.1. The lowest BCUT2D eigenvalue weighted by molar-refractivity contribution is -0.157. The highest BCUT2D eigenvalue weighted by Gasteiger charge is 2.39. The minimum atomic E-state index is -4.77. The van der Waals surface area contributed by atoms with Crippen LogP contribution in [0, 0.1) is 0 Å².